The number of aromatic nitrogens is 2. The van der Waals surface area contributed by atoms with Crippen LogP contribution in [0.5, 0.6) is 0 Å². The predicted octanol–water partition coefficient (Wildman–Crippen LogP) is 5.19. The molecule has 31 heavy (non-hydrogen) atoms. The molecule has 3 aromatic carbocycles. The molecule has 0 radical (unpaired) electrons. The molecule has 0 saturated heterocycles. The number of benzene rings is 3. The van der Waals surface area contributed by atoms with E-state index < -0.39 is 0 Å². The summed E-state index contributed by atoms with van der Waals surface area (Å²) in [6.07, 6.45) is 1.72. The van der Waals surface area contributed by atoms with Crippen molar-refractivity contribution in [2.24, 2.45) is 0 Å². The van der Waals surface area contributed by atoms with Gasteiger partial charge < -0.3 is 4.57 Å². The molecule has 3 heterocycles. The van der Waals surface area contributed by atoms with E-state index in [2.05, 4.69) is 41.0 Å². The van der Waals surface area contributed by atoms with Crippen LogP contribution < -0.4 is 5.43 Å². The quantitative estimate of drug-likeness (QED) is 0.409. The number of fused-ring (bicyclic) bond motifs is 4. The summed E-state index contributed by atoms with van der Waals surface area (Å²) in [5.74, 6) is -0.251. The van der Waals surface area contributed by atoms with Gasteiger partial charge in [-0.2, -0.15) is 0 Å². The summed E-state index contributed by atoms with van der Waals surface area (Å²) < 4.78 is 3.67. The molecule has 0 saturated carbocycles. The van der Waals surface area contributed by atoms with Crippen molar-refractivity contribution in [3.63, 3.8) is 0 Å². The Morgan fingerprint density at radius 3 is 2.19 bits per heavy atom. The summed E-state index contributed by atoms with van der Waals surface area (Å²) in [4.78, 5) is 26.1. The fourth-order valence-electron chi connectivity index (χ4n) is 4.51. The zero-order valence-electron chi connectivity index (χ0n) is 16.7. The third-order valence-electron chi connectivity index (χ3n) is 6.00. The van der Waals surface area contributed by atoms with Crippen molar-refractivity contribution in [3.8, 4) is 22.5 Å². The highest BCUT2D eigenvalue weighted by molar-refractivity contribution is 6.10. The first-order chi connectivity index (χ1) is 15.2. The standard InChI is InChI=1S/C27H18N2O2/c30-26-21-9-4-5-10-22(21)29(25-23-11-6-16-28(23)27(31)24(25)26)17-18-12-14-20(15-13-18)19-7-2-1-3-8-19/h1-16H,17H2. The van der Waals surface area contributed by atoms with Crippen LogP contribution in [0.25, 0.3) is 33.4 Å². The number of hydrogen-bond acceptors (Lipinski definition) is 2. The van der Waals surface area contributed by atoms with Crippen LogP contribution in [-0.4, -0.2) is 15.0 Å². The number of para-hydroxylation sites is 1. The maximum Gasteiger partial charge on any atom is 0.268 e. The lowest BCUT2D eigenvalue weighted by Gasteiger charge is -2.16. The summed E-state index contributed by atoms with van der Waals surface area (Å²) in [6, 6.07) is 30.0. The summed E-state index contributed by atoms with van der Waals surface area (Å²) in [7, 11) is 0. The second kappa shape index (κ2) is 6.67. The molecule has 0 aliphatic carbocycles. The van der Waals surface area contributed by atoms with Gasteiger partial charge in [-0.1, -0.05) is 66.7 Å². The van der Waals surface area contributed by atoms with Gasteiger partial charge in [-0.25, -0.2) is 0 Å². The fraction of sp³-hybridized carbons (Fsp3) is 0.0370. The third-order valence-corrected chi connectivity index (χ3v) is 6.00. The fourth-order valence-corrected chi connectivity index (χ4v) is 4.51. The van der Waals surface area contributed by atoms with Gasteiger partial charge >= 0.3 is 0 Å². The van der Waals surface area contributed by atoms with E-state index in [1.54, 1.807) is 16.8 Å². The largest absolute Gasteiger partial charge is 0.334 e. The van der Waals surface area contributed by atoms with E-state index in [0.29, 0.717) is 17.6 Å². The molecule has 4 nitrogen and oxygen atoms in total. The van der Waals surface area contributed by atoms with Gasteiger partial charge in [0.2, 0.25) is 5.43 Å². The Morgan fingerprint density at radius 1 is 0.677 bits per heavy atom. The van der Waals surface area contributed by atoms with Gasteiger partial charge in [0, 0.05) is 18.1 Å². The molecule has 5 aromatic rings. The SMILES string of the molecule is O=C1c2c(n(Cc3ccc(-c4ccccc4)cc3)c3ccccc3c2=O)-c2cccn21. The highest BCUT2D eigenvalue weighted by atomic mass is 16.2. The van der Waals surface area contributed by atoms with Crippen molar-refractivity contribution in [1.82, 2.24) is 9.13 Å². The summed E-state index contributed by atoms with van der Waals surface area (Å²) >= 11 is 0. The van der Waals surface area contributed by atoms with Gasteiger partial charge in [0.1, 0.15) is 5.56 Å². The molecule has 0 spiro atoms. The molecule has 6 rings (SSSR count). The minimum Gasteiger partial charge on any atom is -0.334 e. The molecule has 0 N–H and O–H groups in total. The second-order valence-corrected chi connectivity index (χ2v) is 7.79. The maximum atomic E-state index is 13.2. The summed E-state index contributed by atoms with van der Waals surface area (Å²) in [6.45, 7) is 0.566. The molecule has 0 amide bonds. The van der Waals surface area contributed by atoms with Crippen molar-refractivity contribution in [2.75, 3.05) is 0 Å². The van der Waals surface area contributed by atoms with Crippen molar-refractivity contribution >= 4 is 16.8 Å². The molecule has 1 aliphatic heterocycles. The van der Waals surface area contributed by atoms with Gasteiger partial charge in [0.25, 0.3) is 5.91 Å². The van der Waals surface area contributed by atoms with Crippen LogP contribution in [-0.2, 0) is 6.54 Å². The van der Waals surface area contributed by atoms with Gasteiger partial charge in [0.05, 0.1) is 16.9 Å². The van der Waals surface area contributed by atoms with E-state index in [9.17, 15) is 9.59 Å². The monoisotopic (exact) mass is 402 g/mol. The Hall–Kier alpha value is -4.18. The summed E-state index contributed by atoms with van der Waals surface area (Å²) in [5.41, 5.74) is 5.80. The van der Waals surface area contributed by atoms with E-state index in [4.69, 9.17) is 0 Å². The predicted molar refractivity (Wildman–Crippen MR) is 122 cm³/mol. The van der Waals surface area contributed by atoms with Crippen molar-refractivity contribution in [1.29, 1.82) is 0 Å². The first kappa shape index (κ1) is 17.7. The average Bonchev–Trinajstić information content (AvgIpc) is 3.40. The van der Waals surface area contributed by atoms with Crippen LogP contribution in [0.15, 0.2) is 102 Å². The number of nitrogens with zero attached hydrogens (tertiary/aromatic N) is 2. The number of carbonyl (C=O) groups excluding carboxylic acids is 1. The number of carbonyl (C=O) groups is 1. The number of rotatable bonds is 3. The van der Waals surface area contributed by atoms with Crippen LogP contribution in [0, 0.1) is 0 Å². The second-order valence-electron chi connectivity index (χ2n) is 7.79. The number of pyridine rings is 1. The van der Waals surface area contributed by atoms with Gasteiger partial charge in [-0.3, -0.25) is 14.2 Å². The van der Waals surface area contributed by atoms with E-state index in [-0.39, 0.29) is 16.9 Å². The highest BCUT2D eigenvalue weighted by Crippen LogP contribution is 2.33. The maximum absolute atomic E-state index is 13.2. The minimum absolute atomic E-state index is 0.199. The Labute approximate surface area is 178 Å². The Bertz CT molecular complexity index is 1520. The molecular weight excluding hydrogens is 384 g/mol. The van der Waals surface area contributed by atoms with Crippen LogP contribution in [0.3, 0.4) is 0 Å². The zero-order chi connectivity index (χ0) is 20.9. The normalized spacial score (nSPS) is 12.2. The van der Waals surface area contributed by atoms with Gasteiger partial charge in [0.15, 0.2) is 0 Å². The molecule has 0 bridgehead atoms. The lowest BCUT2D eigenvalue weighted by Crippen LogP contribution is -2.20. The molecule has 0 unspecified atom stereocenters. The average molecular weight is 402 g/mol. The van der Waals surface area contributed by atoms with Crippen LogP contribution in [0.1, 0.15) is 15.9 Å². The topological polar surface area (TPSA) is 44.0 Å². The van der Waals surface area contributed by atoms with E-state index >= 15 is 0 Å². The Morgan fingerprint density at radius 2 is 1.39 bits per heavy atom. The molecule has 2 aromatic heterocycles. The Kier molecular flexibility index (Phi) is 3.80. The van der Waals surface area contributed by atoms with Crippen LogP contribution >= 0.6 is 0 Å². The molecular formula is C27H18N2O2. The number of hydrogen-bond donors (Lipinski definition) is 0. The van der Waals surface area contributed by atoms with Crippen LogP contribution in [0.2, 0.25) is 0 Å². The molecule has 4 heteroatoms. The third kappa shape index (κ3) is 2.62. The molecule has 0 atom stereocenters. The first-order valence-electron chi connectivity index (χ1n) is 10.2. The zero-order valence-corrected chi connectivity index (χ0v) is 16.7. The lowest BCUT2D eigenvalue weighted by molar-refractivity contribution is 0.0968. The molecule has 148 valence electrons. The van der Waals surface area contributed by atoms with Crippen LogP contribution in [0.4, 0.5) is 0 Å². The smallest absolute Gasteiger partial charge is 0.268 e. The van der Waals surface area contributed by atoms with E-state index in [0.717, 1.165) is 22.3 Å². The summed E-state index contributed by atoms with van der Waals surface area (Å²) in [5, 5.41) is 0.571. The van der Waals surface area contributed by atoms with E-state index in [1.807, 2.05) is 48.5 Å². The van der Waals surface area contributed by atoms with Gasteiger partial charge in [-0.15, -0.1) is 0 Å². The van der Waals surface area contributed by atoms with Gasteiger partial charge in [-0.05, 0) is 41.0 Å². The van der Waals surface area contributed by atoms with E-state index in [1.165, 1.54) is 5.56 Å². The Balaban J connectivity index is 1.53. The van der Waals surface area contributed by atoms with Crippen molar-refractivity contribution in [3.05, 3.63) is 119 Å². The molecule has 1 aliphatic rings. The minimum atomic E-state index is -0.251. The van der Waals surface area contributed by atoms with Crippen molar-refractivity contribution < 1.29 is 4.79 Å². The van der Waals surface area contributed by atoms with Crippen molar-refractivity contribution in [2.45, 2.75) is 6.54 Å². The highest BCUT2D eigenvalue weighted by Gasteiger charge is 2.32. The first-order valence-corrected chi connectivity index (χ1v) is 10.2. The molecule has 0 fully saturated rings. The lowest BCUT2D eigenvalue weighted by atomic mass is 10.0.